The lowest BCUT2D eigenvalue weighted by molar-refractivity contribution is -0.117. The summed E-state index contributed by atoms with van der Waals surface area (Å²) in [6.07, 6.45) is 3.85. The van der Waals surface area contributed by atoms with Gasteiger partial charge in [0.2, 0.25) is 5.91 Å². The van der Waals surface area contributed by atoms with Crippen molar-refractivity contribution in [2.45, 2.75) is 39.5 Å². The van der Waals surface area contributed by atoms with Crippen molar-refractivity contribution in [3.63, 3.8) is 0 Å². The number of amides is 1. The lowest BCUT2D eigenvalue weighted by Crippen LogP contribution is -2.41. The van der Waals surface area contributed by atoms with Gasteiger partial charge < -0.3 is 10.3 Å². The summed E-state index contributed by atoms with van der Waals surface area (Å²) in [5.41, 5.74) is 2.57. The summed E-state index contributed by atoms with van der Waals surface area (Å²) in [6, 6.07) is 4.61. The lowest BCUT2D eigenvalue weighted by Gasteiger charge is -2.31. The highest BCUT2D eigenvalue weighted by Gasteiger charge is 2.23. The molecule has 0 unspecified atom stereocenters. The Hall–Kier alpha value is -2.32. The van der Waals surface area contributed by atoms with Gasteiger partial charge in [-0.05, 0) is 56.8 Å². The van der Waals surface area contributed by atoms with Gasteiger partial charge in [0.15, 0.2) is 5.13 Å². The van der Waals surface area contributed by atoms with Crippen molar-refractivity contribution in [1.29, 1.82) is 0 Å². The maximum absolute atomic E-state index is 13.4. The first-order valence-corrected chi connectivity index (χ1v) is 10.9. The normalized spacial score (nSPS) is 17.7. The second-order valence-corrected chi connectivity index (χ2v) is 8.92. The molecule has 1 saturated heterocycles. The minimum atomic E-state index is -0.260. The number of likely N-dealkylation sites (tertiary alicyclic amines) is 1. The van der Waals surface area contributed by atoms with Gasteiger partial charge in [-0.15, -0.1) is 11.3 Å². The molecule has 0 radical (unpaired) electrons. The van der Waals surface area contributed by atoms with Crippen LogP contribution in [0.5, 0.6) is 0 Å². The Bertz CT molecular complexity index is 1010. The number of carbonyl (C=O) groups is 1. The number of anilines is 1. The summed E-state index contributed by atoms with van der Waals surface area (Å²) in [5.74, 6) is 1.04. The van der Waals surface area contributed by atoms with E-state index >= 15 is 0 Å². The van der Waals surface area contributed by atoms with Crippen LogP contribution in [0.1, 0.15) is 36.2 Å². The van der Waals surface area contributed by atoms with E-state index < -0.39 is 0 Å². The molecule has 3 aromatic rings. The first-order valence-electron chi connectivity index (χ1n) is 10.1. The first kappa shape index (κ1) is 20.0. The molecule has 154 valence electrons. The number of benzene rings is 1. The molecule has 1 aliphatic heterocycles. The molecule has 1 atom stereocenters. The van der Waals surface area contributed by atoms with Gasteiger partial charge in [0.25, 0.3) is 0 Å². The topological polar surface area (TPSA) is 73.9 Å². The first-order chi connectivity index (χ1) is 14.0. The number of nitrogens with zero attached hydrogens (tertiary/aromatic N) is 3. The third kappa shape index (κ3) is 4.82. The van der Waals surface area contributed by atoms with Gasteiger partial charge in [-0.1, -0.05) is 6.92 Å². The van der Waals surface area contributed by atoms with E-state index in [1.54, 1.807) is 6.07 Å². The molecule has 2 N–H and O–H groups in total. The van der Waals surface area contributed by atoms with Crippen LogP contribution in [0, 0.1) is 18.7 Å². The average molecular weight is 416 g/mol. The van der Waals surface area contributed by atoms with Crippen molar-refractivity contribution in [1.82, 2.24) is 19.9 Å². The molecule has 1 aliphatic rings. The van der Waals surface area contributed by atoms with Gasteiger partial charge >= 0.3 is 0 Å². The number of hydrogen-bond donors (Lipinski definition) is 2. The van der Waals surface area contributed by atoms with Crippen LogP contribution in [0.2, 0.25) is 0 Å². The van der Waals surface area contributed by atoms with Crippen molar-refractivity contribution in [2.75, 3.05) is 25.0 Å². The molecule has 1 aromatic carbocycles. The zero-order valence-electron chi connectivity index (χ0n) is 16.8. The van der Waals surface area contributed by atoms with Gasteiger partial charge in [-0.3, -0.25) is 9.69 Å². The Morgan fingerprint density at radius 1 is 1.41 bits per heavy atom. The largest absolute Gasteiger partial charge is 0.342 e. The number of piperidine rings is 1. The van der Waals surface area contributed by atoms with Crippen molar-refractivity contribution < 1.29 is 9.18 Å². The Labute approximate surface area is 173 Å². The molecule has 8 heteroatoms. The SMILES string of the molecule is CCc1nc(NC(=O)CN2CCC[C@H](Cc3nc4ccc(F)cc4[nH]3)C2)sc1C. The third-order valence-electron chi connectivity index (χ3n) is 5.42. The van der Waals surface area contributed by atoms with Crippen LogP contribution >= 0.6 is 11.3 Å². The second-order valence-electron chi connectivity index (χ2n) is 7.72. The molecule has 29 heavy (non-hydrogen) atoms. The van der Waals surface area contributed by atoms with Crippen LogP contribution in [0.25, 0.3) is 11.0 Å². The number of hydrogen-bond acceptors (Lipinski definition) is 5. The highest BCUT2D eigenvalue weighted by Crippen LogP contribution is 2.24. The number of nitrogens with one attached hydrogen (secondary N) is 2. The van der Waals surface area contributed by atoms with Gasteiger partial charge in [-0.25, -0.2) is 14.4 Å². The summed E-state index contributed by atoms with van der Waals surface area (Å²) in [4.78, 5) is 28.1. The molecule has 0 aliphatic carbocycles. The van der Waals surface area contributed by atoms with E-state index in [4.69, 9.17) is 0 Å². The second kappa shape index (κ2) is 8.59. The third-order valence-corrected chi connectivity index (χ3v) is 6.35. The lowest BCUT2D eigenvalue weighted by atomic mass is 9.94. The molecule has 1 amide bonds. The van der Waals surface area contributed by atoms with Crippen molar-refractivity contribution in [3.8, 4) is 0 Å². The predicted octanol–water partition coefficient (Wildman–Crippen LogP) is 3.92. The summed E-state index contributed by atoms with van der Waals surface area (Å²) < 4.78 is 13.4. The van der Waals surface area contributed by atoms with Gasteiger partial charge in [0, 0.05) is 17.8 Å². The molecule has 2 aromatic heterocycles. The van der Waals surface area contributed by atoms with Crippen LogP contribution in [0.15, 0.2) is 18.2 Å². The molecule has 6 nitrogen and oxygen atoms in total. The number of rotatable bonds is 6. The van der Waals surface area contributed by atoms with Crippen molar-refractivity contribution in [3.05, 3.63) is 40.4 Å². The van der Waals surface area contributed by atoms with E-state index in [0.717, 1.165) is 66.2 Å². The summed E-state index contributed by atoms with van der Waals surface area (Å²) >= 11 is 1.53. The molecule has 1 fully saturated rings. The van der Waals surface area contributed by atoms with E-state index in [9.17, 15) is 9.18 Å². The van der Waals surface area contributed by atoms with Gasteiger partial charge in [0.1, 0.15) is 11.6 Å². The van der Waals surface area contributed by atoms with Crippen LogP contribution < -0.4 is 5.32 Å². The molecule has 0 bridgehead atoms. The number of aromatic nitrogens is 3. The number of H-pyrrole nitrogens is 1. The molecular weight excluding hydrogens is 389 g/mol. The van der Waals surface area contributed by atoms with Crippen LogP contribution in [0.3, 0.4) is 0 Å². The molecule has 0 saturated carbocycles. The van der Waals surface area contributed by atoms with E-state index in [-0.39, 0.29) is 11.7 Å². The van der Waals surface area contributed by atoms with Crippen molar-refractivity contribution >= 4 is 33.4 Å². The Morgan fingerprint density at radius 3 is 3.07 bits per heavy atom. The molecular formula is C21H26FN5OS. The standard InChI is InChI=1S/C21H26FN5OS/c1-3-16-13(2)29-21(25-16)26-20(28)12-27-8-4-5-14(11-27)9-19-23-17-7-6-15(22)10-18(17)24-19/h6-7,10,14H,3-5,8-9,11-12H2,1-2H3,(H,23,24)(H,25,26,28)/t14-/m1/s1. The fourth-order valence-corrected chi connectivity index (χ4v) is 4.96. The highest BCUT2D eigenvalue weighted by atomic mass is 32.1. The highest BCUT2D eigenvalue weighted by molar-refractivity contribution is 7.15. The number of carbonyl (C=O) groups excluding carboxylic acids is 1. The fourth-order valence-electron chi connectivity index (χ4n) is 4.04. The van der Waals surface area contributed by atoms with Crippen LogP contribution in [-0.2, 0) is 17.6 Å². The quantitative estimate of drug-likeness (QED) is 0.640. The monoisotopic (exact) mass is 415 g/mol. The maximum Gasteiger partial charge on any atom is 0.240 e. The average Bonchev–Trinajstić information content (AvgIpc) is 3.23. The van der Waals surface area contributed by atoms with Crippen LogP contribution in [-0.4, -0.2) is 45.4 Å². The van der Waals surface area contributed by atoms with E-state index in [1.807, 2.05) is 6.92 Å². The maximum atomic E-state index is 13.4. The van der Waals surface area contributed by atoms with E-state index in [0.29, 0.717) is 17.6 Å². The number of imidazole rings is 1. The molecule has 4 rings (SSSR count). The minimum Gasteiger partial charge on any atom is -0.342 e. The van der Waals surface area contributed by atoms with Crippen LogP contribution in [0.4, 0.5) is 9.52 Å². The Morgan fingerprint density at radius 2 is 2.28 bits per heavy atom. The van der Waals surface area contributed by atoms with Gasteiger partial charge in [0.05, 0.1) is 23.3 Å². The predicted molar refractivity (Wildman–Crippen MR) is 114 cm³/mol. The smallest absolute Gasteiger partial charge is 0.240 e. The zero-order valence-corrected chi connectivity index (χ0v) is 17.6. The summed E-state index contributed by atoms with van der Waals surface area (Å²) in [5, 5.41) is 3.63. The number of fused-ring (bicyclic) bond motifs is 1. The Kier molecular flexibility index (Phi) is 5.91. The number of halogens is 1. The summed E-state index contributed by atoms with van der Waals surface area (Å²) in [6.45, 7) is 6.26. The van der Waals surface area contributed by atoms with Crippen molar-refractivity contribution in [2.24, 2.45) is 5.92 Å². The fraction of sp³-hybridized carbons (Fsp3) is 0.476. The van der Waals surface area contributed by atoms with E-state index in [1.165, 1.54) is 23.5 Å². The molecule has 0 spiro atoms. The number of aromatic amines is 1. The number of aryl methyl sites for hydroxylation is 2. The Balaban J connectivity index is 1.33. The van der Waals surface area contributed by atoms with E-state index in [2.05, 4.69) is 32.1 Å². The number of thiazole rings is 1. The minimum absolute atomic E-state index is 0.0127. The molecule has 3 heterocycles. The van der Waals surface area contributed by atoms with Gasteiger partial charge in [-0.2, -0.15) is 0 Å². The zero-order chi connectivity index (χ0) is 20.4. The summed E-state index contributed by atoms with van der Waals surface area (Å²) in [7, 11) is 0.